The highest BCUT2D eigenvalue weighted by Crippen LogP contribution is 2.23. The number of benzene rings is 2. The Kier molecular flexibility index (Phi) is 10.5. The smallest absolute Gasteiger partial charge is 0.269 e. The molecule has 1 N–H and O–H groups in total. The van der Waals surface area contributed by atoms with Crippen LogP contribution in [0.1, 0.15) is 51.4 Å². The zero-order valence-electron chi connectivity index (χ0n) is 17.7. The van der Waals surface area contributed by atoms with Crippen LogP contribution in [0, 0.1) is 10.1 Å². The first-order valence-corrected chi connectivity index (χ1v) is 10.7. The van der Waals surface area contributed by atoms with Crippen molar-refractivity contribution in [3.8, 4) is 0 Å². The average molecular weight is 413 g/mol. The quantitative estimate of drug-likeness (QED) is 0.165. The summed E-state index contributed by atoms with van der Waals surface area (Å²) in [7, 11) is 2.10. The summed E-state index contributed by atoms with van der Waals surface area (Å²) >= 11 is 0. The molecule has 0 spiro atoms. The first-order chi connectivity index (χ1) is 14.6. The van der Waals surface area contributed by atoms with Gasteiger partial charge in [0.1, 0.15) is 0 Å². The van der Waals surface area contributed by atoms with Crippen LogP contribution in [0.25, 0.3) is 0 Å². The summed E-state index contributed by atoms with van der Waals surface area (Å²) in [5, 5.41) is 27.8. The SMILES string of the molecule is CN(CCCCCCCCCCO)c1ccc(N=Nc2ccc([N+](=O)[O-])cc2)cc1. The van der Waals surface area contributed by atoms with Crippen molar-refractivity contribution in [3.05, 3.63) is 58.6 Å². The molecule has 7 nitrogen and oxygen atoms in total. The van der Waals surface area contributed by atoms with Crippen LogP contribution in [0.4, 0.5) is 22.7 Å². The fourth-order valence-electron chi connectivity index (χ4n) is 3.18. The molecule has 0 aromatic heterocycles. The Labute approximate surface area is 178 Å². The Bertz CT molecular complexity index is 776. The van der Waals surface area contributed by atoms with E-state index in [9.17, 15) is 10.1 Å². The van der Waals surface area contributed by atoms with Crippen LogP contribution in [0.2, 0.25) is 0 Å². The van der Waals surface area contributed by atoms with Gasteiger partial charge in [-0.15, -0.1) is 0 Å². The van der Waals surface area contributed by atoms with Crippen molar-refractivity contribution in [2.45, 2.75) is 51.4 Å². The van der Waals surface area contributed by atoms with Crippen LogP contribution in [-0.2, 0) is 0 Å². The lowest BCUT2D eigenvalue weighted by molar-refractivity contribution is -0.384. The third kappa shape index (κ3) is 8.69. The predicted octanol–water partition coefficient (Wildman–Crippen LogP) is 6.56. The second-order valence-electron chi connectivity index (χ2n) is 7.46. The normalized spacial score (nSPS) is 11.1. The van der Waals surface area contributed by atoms with Crippen molar-refractivity contribution in [2.75, 3.05) is 25.1 Å². The number of azo groups is 1. The Morgan fingerprint density at radius 3 is 1.77 bits per heavy atom. The van der Waals surface area contributed by atoms with Gasteiger partial charge in [-0.05, 0) is 49.2 Å². The first-order valence-electron chi connectivity index (χ1n) is 10.7. The van der Waals surface area contributed by atoms with Crippen LogP contribution < -0.4 is 4.90 Å². The molecule has 0 fully saturated rings. The molecule has 0 amide bonds. The second kappa shape index (κ2) is 13.4. The van der Waals surface area contributed by atoms with Crippen molar-refractivity contribution in [2.24, 2.45) is 10.2 Å². The highest BCUT2D eigenvalue weighted by Gasteiger charge is 2.04. The summed E-state index contributed by atoms with van der Waals surface area (Å²) in [6.45, 7) is 1.34. The van der Waals surface area contributed by atoms with E-state index in [2.05, 4.69) is 22.2 Å². The predicted molar refractivity (Wildman–Crippen MR) is 121 cm³/mol. The van der Waals surface area contributed by atoms with Crippen LogP contribution in [0.15, 0.2) is 58.8 Å². The molecular weight excluding hydrogens is 380 g/mol. The molecule has 2 aromatic rings. The van der Waals surface area contributed by atoms with Gasteiger partial charge in [0.25, 0.3) is 5.69 Å². The van der Waals surface area contributed by atoms with Gasteiger partial charge in [-0.3, -0.25) is 10.1 Å². The third-order valence-electron chi connectivity index (χ3n) is 5.03. The molecule has 0 bridgehead atoms. The number of hydrogen-bond acceptors (Lipinski definition) is 6. The van der Waals surface area contributed by atoms with Gasteiger partial charge >= 0.3 is 0 Å². The first kappa shape index (κ1) is 23.5. The number of nitrogens with zero attached hydrogens (tertiary/aromatic N) is 4. The van der Waals surface area contributed by atoms with E-state index in [4.69, 9.17) is 5.11 Å². The van der Waals surface area contributed by atoms with E-state index in [1.54, 1.807) is 12.1 Å². The third-order valence-corrected chi connectivity index (χ3v) is 5.03. The van der Waals surface area contributed by atoms with Gasteiger partial charge in [-0.25, -0.2) is 0 Å². The summed E-state index contributed by atoms with van der Waals surface area (Å²) in [6, 6.07) is 13.9. The lowest BCUT2D eigenvalue weighted by Gasteiger charge is -2.19. The summed E-state index contributed by atoms with van der Waals surface area (Å²) in [5.41, 5.74) is 2.51. The maximum Gasteiger partial charge on any atom is 0.269 e. The van der Waals surface area contributed by atoms with E-state index >= 15 is 0 Å². The number of non-ortho nitro benzene ring substituents is 1. The van der Waals surface area contributed by atoms with Crippen LogP contribution in [0.5, 0.6) is 0 Å². The molecule has 0 saturated heterocycles. The number of hydrogen-bond donors (Lipinski definition) is 1. The van der Waals surface area contributed by atoms with Crippen molar-refractivity contribution in [1.29, 1.82) is 0 Å². The highest BCUT2D eigenvalue weighted by molar-refractivity contribution is 5.52. The zero-order valence-corrected chi connectivity index (χ0v) is 17.7. The topological polar surface area (TPSA) is 91.3 Å². The van der Waals surface area contributed by atoms with E-state index in [0.29, 0.717) is 12.3 Å². The summed E-state index contributed by atoms with van der Waals surface area (Å²) in [6.07, 6.45) is 9.55. The van der Waals surface area contributed by atoms with Crippen molar-refractivity contribution in [3.63, 3.8) is 0 Å². The lowest BCUT2D eigenvalue weighted by atomic mass is 10.1. The summed E-state index contributed by atoms with van der Waals surface area (Å²) in [4.78, 5) is 12.5. The number of aliphatic hydroxyl groups is 1. The minimum absolute atomic E-state index is 0.0411. The van der Waals surface area contributed by atoms with Crippen molar-refractivity contribution < 1.29 is 10.0 Å². The molecule has 0 atom stereocenters. The van der Waals surface area contributed by atoms with Gasteiger partial charge in [-0.2, -0.15) is 10.2 Å². The van der Waals surface area contributed by atoms with E-state index < -0.39 is 4.92 Å². The minimum Gasteiger partial charge on any atom is -0.396 e. The van der Waals surface area contributed by atoms with Gasteiger partial charge < -0.3 is 10.0 Å². The van der Waals surface area contributed by atoms with Crippen LogP contribution >= 0.6 is 0 Å². The monoisotopic (exact) mass is 412 g/mol. The minimum atomic E-state index is -0.433. The zero-order chi connectivity index (χ0) is 21.6. The molecule has 2 rings (SSSR count). The molecular formula is C23H32N4O3. The number of rotatable bonds is 14. The second-order valence-corrected chi connectivity index (χ2v) is 7.46. The molecule has 0 aliphatic rings. The van der Waals surface area contributed by atoms with Crippen molar-refractivity contribution >= 4 is 22.7 Å². The molecule has 0 aliphatic heterocycles. The number of unbranched alkanes of at least 4 members (excludes halogenated alkanes) is 7. The van der Waals surface area contributed by atoms with E-state index in [-0.39, 0.29) is 5.69 Å². The van der Waals surface area contributed by atoms with Gasteiger partial charge in [0.15, 0.2) is 0 Å². The number of anilines is 1. The lowest BCUT2D eigenvalue weighted by Crippen LogP contribution is -2.18. The number of nitro benzene ring substituents is 1. The molecule has 0 aliphatic carbocycles. The molecule has 0 unspecified atom stereocenters. The Morgan fingerprint density at radius 2 is 1.27 bits per heavy atom. The average Bonchev–Trinajstić information content (AvgIpc) is 2.77. The van der Waals surface area contributed by atoms with E-state index in [1.165, 1.54) is 50.7 Å². The van der Waals surface area contributed by atoms with Crippen molar-refractivity contribution in [1.82, 2.24) is 0 Å². The van der Waals surface area contributed by atoms with Gasteiger partial charge in [-0.1, -0.05) is 38.5 Å². The van der Waals surface area contributed by atoms with Gasteiger partial charge in [0.2, 0.25) is 0 Å². The molecule has 2 aromatic carbocycles. The molecule has 30 heavy (non-hydrogen) atoms. The molecule has 162 valence electrons. The summed E-state index contributed by atoms with van der Waals surface area (Å²) < 4.78 is 0. The standard InChI is InChI=1S/C23H32N4O3/c1-26(18-8-6-4-2-3-5-7-9-19-28)22-14-10-20(11-15-22)24-25-21-12-16-23(17-13-21)27(29)30/h10-17,28H,2-9,18-19H2,1H3. The Balaban J connectivity index is 1.69. The van der Waals surface area contributed by atoms with Gasteiger partial charge in [0, 0.05) is 38.0 Å². The number of nitro groups is 1. The fraction of sp³-hybridized carbons (Fsp3) is 0.478. The largest absolute Gasteiger partial charge is 0.396 e. The molecule has 7 heteroatoms. The number of aliphatic hydroxyl groups excluding tert-OH is 1. The van der Waals surface area contributed by atoms with E-state index in [0.717, 1.165) is 30.8 Å². The Morgan fingerprint density at radius 1 is 0.800 bits per heavy atom. The van der Waals surface area contributed by atoms with Crippen LogP contribution in [0.3, 0.4) is 0 Å². The molecule has 0 saturated carbocycles. The molecule has 0 radical (unpaired) electrons. The summed E-state index contributed by atoms with van der Waals surface area (Å²) in [5.74, 6) is 0. The Hall–Kier alpha value is -2.80. The maximum atomic E-state index is 10.7. The fourth-order valence-corrected chi connectivity index (χ4v) is 3.18. The maximum absolute atomic E-state index is 10.7. The van der Waals surface area contributed by atoms with Crippen LogP contribution in [-0.4, -0.2) is 30.2 Å². The van der Waals surface area contributed by atoms with E-state index in [1.807, 2.05) is 24.3 Å². The van der Waals surface area contributed by atoms with Gasteiger partial charge in [0.05, 0.1) is 16.3 Å². The highest BCUT2D eigenvalue weighted by atomic mass is 16.6. The molecule has 0 heterocycles.